The lowest BCUT2D eigenvalue weighted by atomic mass is 10.1. The maximum absolute atomic E-state index is 3.64. The van der Waals surface area contributed by atoms with Crippen molar-refractivity contribution in [3.8, 4) is 0 Å². The highest BCUT2D eigenvalue weighted by Gasteiger charge is 1.86. The molecule has 1 rings (SSSR count). The van der Waals surface area contributed by atoms with Gasteiger partial charge in [0.1, 0.15) is 0 Å². The van der Waals surface area contributed by atoms with Crippen LogP contribution in [0.2, 0.25) is 0 Å². The van der Waals surface area contributed by atoms with Crippen LogP contribution in [0.5, 0.6) is 0 Å². The lowest BCUT2D eigenvalue weighted by molar-refractivity contribution is 1.25. The molecule has 0 spiro atoms. The van der Waals surface area contributed by atoms with Gasteiger partial charge >= 0.3 is 0 Å². The van der Waals surface area contributed by atoms with Crippen molar-refractivity contribution in [2.24, 2.45) is 0 Å². The largest absolute Gasteiger partial charge is 0.103 e. The normalized spacial score (nSPS) is 9.20. The smallest absolute Gasteiger partial charge is 0.00557 e. The van der Waals surface area contributed by atoms with Crippen molar-refractivity contribution in [1.82, 2.24) is 0 Å². The van der Waals surface area contributed by atoms with E-state index in [-0.39, 0.29) is 0 Å². The van der Waals surface area contributed by atoms with Crippen LogP contribution in [0.1, 0.15) is 12.0 Å². The van der Waals surface area contributed by atoms with Gasteiger partial charge in [0.25, 0.3) is 0 Å². The van der Waals surface area contributed by atoms with Gasteiger partial charge in [0.15, 0.2) is 0 Å². The molecule has 0 nitrogen and oxygen atoms in total. The zero-order valence-electron chi connectivity index (χ0n) is 5.96. The molecule has 0 aliphatic heterocycles. The van der Waals surface area contributed by atoms with E-state index in [1.54, 1.807) is 0 Å². The minimum atomic E-state index is 0.948. The van der Waals surface area contributed by atoms with Crippen molar-refractivity contribution in [3.63, 3.8) is 0 Å². The summed E-state index contributed by atoms with van der Waals surface area (Å²) in [7, 11) is 0. The Hall–Kier alpha value is -1.04. The van der Waals surface area contributed by atoms with E-state index >= 15 is 0 Å². The topological polar surface area (TPSA) is 0 Å². The van der Waals surface area contributed by atoms with E-state index in [9.17, 15) is 0 Å². The fraction of sp³-hybridized carbons (Fsp3) is 0.100. The van der Waals surface area contributed by atoms with Gasteiger partial charge in [0, 0.05) is 0 Å². The molecule has 0 aliphatic carbocycles. The SMILES string of the molecule is C=CC[CH]c1ccccc1. The van der Waals surface area contributed by atoms with E-state index in [1.807, 2.05) is 24.3 Å². The standard InChI is InChI=1S/C10H11/c1-2-3-7-10-8-5-4-6-9-10/h2,4-9H,1,3H2. The molecule has 10 heavy (non-hydrogen) atoms. The third-order valence-electron chi connectivity index (χ3n) is 1.32. The Morgan fingerprint density at radius 1 is 1.20 bits per heavy atom. The van der Waals surface area contributed by atoms with E-state index in [1.165, 1.54) is 5.56 Å². The average molecular weight is 131 g/mol. The van der Waals surface area contributed by atoms with Gasteiger partial charge in [0.2, 0.25) is 0 Å². The Balaban J connectivity index is 2.50. The second-order valence-electron chi connectivity index (χ2n) is 2.14. The maximum Gasteiger partial charge on any atom is -0.00557 e. The maximum atomic E-state index is 3.64. The number of hydrogen-bond acceptors (Lipinski definition) is 0. The molecular formula is C10H11. The number of hydrogen-bond donors (Lipinski definition) is 0. The molecule has 0 heteroatoms. The van der Waals surface area contributed by atoms with Gasteiger partial charge in [-0.2, -0.15) is 0 Å². The van der Waals surface area contributed by atoms with E-state index < -0.39 is 0 Å². The van der Waals surface area contributed by atoms with E-state index in [2.05, 4.69) is 25.1 Å². The highest BCUT2D eigenvalue weighted by atomic mass is 13.9. The molecule has 0 bridgehead atoms. The number of rotatable bonds is 3. The van der Waals surface area contributed by atoms with Gasteiger partial charge in [-0.25, -0.2) is 0 Å². The summed E-state index contributed by atoms with van der Waals surface area (Å²) < 4.78 is 0. The van der Waals surface area contributed by atoms with Crippen LogP contribution in [-0.4, -0.2) is 0 Å². The van der Waals surface area contributed by atoms with Crippen molar-refractivity contribution in [1.29, 1.82) is 0 Å². The fourth-order valence-electron chi connectivity index (χ4n) is 0.809. The molecule has 0 atom stereocenters. The van der Waals surface area contributed by atoms with Crippen LogP contribution in [0.3, 0.4) is 0 Å². The summed E-state index contributed by atoms with van der Waals surface area (Å²) in [5, 5.41) is 0. The molecule has 1 aromatic rings. The molecule has 0 saturated carbocycles. The first-order valence-corrected chi connectivity index (χ1v) is 3.42. The molecule has 0 aromatic heterocycles. The zero-order valence-corrected chi connectivity index (χ0v) is 5.96. The minimum Gasteiger partial charge on any atom is -0.103 e. The van der Waals surface area contributed by atoms with Crippen LogP contribution in [0.4, 0.5) is 0 Å². The molecule has 1 radical (unpaired) electrons. The number of benzene rings is 1. The van der Waals surface area contributed by atoms with E-state index in [4.69, 9.17) is 0 Å². The summed E-state index contributed by atoms with van der Waals surface area (Å²) in [5.74, 6) is 0. The fourth-order valence-corrected chi connectivity index (χ4v) is 0.809. The van der Waals surface area contributed by atoms with Crippen molar-refractivity contribution in [3.05, 3.63) is 55.0 Å². The molecule has 0 heterocycles. The summed E-state index contributed by atoms with van der Waals surface area (Å²) in [5.41, 5.74) is 1.27. The Morgan fingerprint density at radius 2 is 1.90 bits per heavy atom. The van der Waals surface area contributed by atoms with Gasteiger partial charge in [-0.15, -0.1) is 6.58 Å². The van der Waals surface area contributed by atoms with Crippen LogP contribution in [0.15, 0.2) is 43.0 Å². The lowest BCUT2D eigenvalue weighted by Gasteiger charge is -1.94. The second-order valence-corrected chi connectivity index (χ2v) is 2.14. The third kappa shape index (κ3) is 2.06. The molecule has 51 valence electrons. The van der Waals surface area contributed by atoms with Crippen LogP contribution in [0, 0.1) is 6.42 Å². The Bertz CT molecular complexity index is 186. The summed E-state index contributed by atoms with van der Waals surface area (Å²) in [4.78, 5) is 0. The van der Waals surface area contributed by atoms with E-state index in [0.717, 1.165) is 6.42 Å². The molecule has 0 aliphatic rings. The highest BCUT2D eigenvalue weighted by molar-refractivity contribution is 5.22. The molecule has 0 fully saturated rings. The summed E-state index contributed by atoms with van der Waals surface area (Å²) in [6, 6.07) is 10.3. The van der Waals surface area contributed by atoms with Gasteiger partial charge in [-0.05, 0) is 18.4 Å². The van der Waals surface area contributed by atoms with Crippen LogP contribution in [-0.2, 0) is 0 Å². The summed E-state index contributed by atoms with van der Waals surface area (Å²) in [6.45, 7) is 3.64. The average Bonchev–Trinajstić information content (AvgIpc) is 2.03. The van der Waals surface area contributed by atoms with Crippen molar-refractivity contribution >= 4 is 0 Å². The molecule has 0 N–H and O–H groups in total. The second kappa shape index (κ2) is 3.89. The predicted octanol–water partition coefficient (Wildman–Crippen LogP) is 2.82. The number of allylic oxidation sites excluding steroid dienone is 1. The molecule has 0 unspecified atom stereocenters. The zero-order chi connectivity index (χ0) is 7.23. The first-order valence-electron chi connectivity index (χ1n) is 3.42. The monoisotopic (exact) mass is 131 g/mol. The Morgan fingerprint density at radius 3 is 2.50 bits per heavy atom. The quantitative estimate of drug-likeness (QED) is 0.553. The summed E-state index contributed by atoms with van der Waals surface area (Å²) in [6.07, 6.45) is 4.99. The first kappa shape index (κ1) is 7.07. The lowest BCUT2D eigenvalue weighted by Crippen LogP contribution is -1.76. The molecular weight excluding hydrogens is 120 g/mol. The van der Waals surface area contributed by atoms with E-state index in [0.29, 0.717) is 0 Å². The van der Waals surface area contributed by atoms with Crippen LogP contribution in [0.25, 0.3) is 0 Å². The van der Waals surface area contributed by atoms with Crippen molar-refractivity contribution in [2.75, 3.05) is 0 Å². The first-order chi connectivity index (χ1) is 4.93. The third-order valence-corrected chi connectivity index (χ3v) is 1.32. The molecule has 0 saturated heterocycles. The predicted molar refractivity (Wildman–Crippen MR) is 44.7 cm³/mol. The Kier molecular flexibility index (Phi) is 2.75. The molecule has 1 aromatic carbocycles. The molecule has 0 amide bonds. The van der Waals surface area contributed by atoms with Crippen LogP contribution >= 0.6 is 0 Å². The Labute approximate surface area is 62.2 Å². The minimum absolute atomic E-state index is 0.948. The van der Waals surface area contributed by atoms with Crippen molar-refractivity contribution < 1.29 is 0 Å². The van der Waals surface area contributed by atoms with Gasteiger partial charge in [-0.1, -0.05) is 36.4 Å². The highest BCUT2D eigenvalue weighted by Crippen LogP contribution is 2.03. The van der Waals surface area contributed by atoms with Gasteiger partial charge in [0.05, 0.1) is 0 Å². The summed E-state index contributed by atoms with van der Waals surface area (Å²) >= 11 is 0. The van der Waals surface area contributed by atoms with Gasteiger partial charge < -0.3 is 0 Å². The van der Waals surface area contributed by atoms with Crippen LogP contribution < -0.4 is 0 Å². The van der Waals surface area contributed by atoms with Gasteiger partial charge in [-0.3, -0.25) is 0 Å². The van der Waals surface area contributed by atoms with Crippen molar-refractivity contribution in [2.45, 2.75) is 6.42 Å².